The average Bonchev–Trinajstić information content (AvgIpc) is 3.44. The summed E-state index contributed by atoms with van der Waals surface area (Å²) >= 11 is 0. The normalized spacial score (nSPS) is 12.4. The van der Waals surface area contributed by atoms with Gasteiger partial charge in [0.25, 0.3) is 0 Å². The maximum Gasteiger partial charge on any atom is 0.244 e. The van der Waals surface area contributed by atoms with Crippen LogP contribution in [0.25, 0.3) is 11.9 Å². The van der Waals surface area contributed by atoms with E-state index in [-0.39, 0.29) is 11.9 Å². The number of nitrogens with zero attached hydrogens (tertiary/aromatic N) is 4. The van der Waals surface area contributed by atoms with E-state index in [1.54, 1.807) is 12.3 Å². The van der Waals surface area contributed by atoms with Crippen molar-refractivity contribution in [2.45, 2.75) is 26.8 Å². The molecule has 1 aromatic carbocycles. The number of rotatable bonds is 6. The van der Waals surface area contributed by atoms with Gasteiger partial charge in [0.1, 0.15) is 17.6 Å². The van der Waals surface area contributed by atoms with Crippen molar-refractivity contribution in [2.75, 3.05) is 0 Å². The second-order valence-corrected chi connectivity index (χ2v) is 7.54. The van der Waals surface area contributed by atoms with Crippen molar-refractivity contribution in [1.82, 2.24) is 24.6 Å². The van der Waals surface area contributed by atoms with Crippen LogP contribution in [0, 0.1) is 20.8 Å². The summed E-state index contributed by atoms with van der Waals surface area (Å²) in [6.07, 6.45) is 6.97. The van der Waals surface area contributed by atoms with Crippen molar-refractivity contribution in [3.05, 3.63) is 95.0 Å². The Balaban J connectivity index is 1.57. The van der Waals surface area contributed by atoms with Gasteiger partial charge >= 0.3 is 0 Å². The third-order valence-corrected chi connectivity index (χ3v) is 5.27. The van der Waals surface area contributed by atoms with Crippen LogP contribution < -0.4 is 5.32 Å². The van der Waals surface area contributed by atoms with Gasteiger partial charge in [-0.2, -0.15) is 0 Å². The summed E-state index contributed by atoms with van der Waals surface area (Å²) in [4.78, 5) is 17.2. The number of carbonyl (C=O) groups excluding carboxylic acids is 1. The molecule has 0 aliphatic rings. The number of imidazole rings is 1. The maximum absolute atomic E-state index is 12.8. The van der Waals surface area contributed by atoms with Crippen LogP contribution in [0.4, 0.5) is 0 Å². The second-order valence-electron chi connectivity index (χ2n) is 7.54. The molecule has 4 rings (SSSR count). The van der Waals surface area contributed by atoms with Crippen LogP contribution in [0.1, 0.15) is 40.1 Å². The Morgan fingerprint density at radius 1 is 1.16 bits per heavy atom. The van der Waals surface area contributed by atoms with Gasteiger partial charge in [-0.1, -0.05) is 35.5 Å². The zero-order valence-electron chi connectivity index (χ0n) is 18.0. The van der Waals surface area contributed by atoms with Crippen LogP contribution >= 0.6 is 0 Å². The number of hydrogen-bond donors (Lipinski definition) is 1. The molecule has 0 aliphatic carbocycles. The summed E-state index contributed by atoms with van der Waals surface area (Å²) in [7, 11) is 1.92. The SMILES string of the molecule is Cc1cc(-n2c(C)cc(/C=C/C(=O)N[C@@H](c3ccccc3)c3nccn3C)c2C)no1. The molecule has 0 spiro atoms. The van der Waals surface area contributed by atoms with E-state index in [4.69, 9.17) is 4.52 Å². The molecule has 0 bridgehead atoms. The first kappa shape index (κ1) is 20.4. The Labute approximate surface area is 181 Å². The number of aryl methyl sites for hydroxylation is 3. The topological polar surface area (TPSA) is 77.9 Å². The predicted octanol–water partition coefficient (Wildman–Crippen LogP) is 4.04. The van der Waals surface area contributed by atoms with Crippen molar-refractivity contribution in [2.24, 2.45) is 7.05 Å². The third kappa shape index (κ3) is 4.21. The van der Waals surface area contributed by atoms with Crippen molar-refractivity contribution in [1.29, 1.82) is 0 Å². The molecule has 1 amide bonds. The van der Waals surface area contributed by atoms with Crippen molar-refractivity contribution >= 4 is 12.0 Å². The summed E-state index contributed by atoms with van der Waals surface area (Å²) in [5.41, 5.74) is 3.92. The van der Waals surface area contributed by atoms with E-state index in [1.165, 1.54) is 0 Å². The first-order valence-electron chi connectivity index (χ1n) is 10.1. The molecule has 0 fully saturated rings. The minimum atomic E-state index is -0.344. The van der Waals surface area contributed by atoms with Gasteiger partial charge in [0.2, 0.25) is 5.91 Å². The maximum atomic E-state index is 12.8. The average molecular weight is 415 g/mol. The standard InChI is InChI=1S/C24H25N5O2/c1-16-14-20(18(3)29(16)21-15-17(2)31-27-21)10-11-22(30)26-23(19-8-6-5-7-9-19)24-25-12-13-28(24)4/h5-15,23H,1-4H3,(H,26,30)/b11-10+/t23-/m0/s1. The van der Waals surface area contributed by atoms with E-state index in [0.29, 0.717) is 0 Å². The minimum absolute atomic E-state index is 0.195. The van der Waals surface area contributed by atoms with Crippen LogP contribution in [0.15, 0.2) is 65.5 Å². The smallest absolute Gasteiger partial charge is 0.244 e. The number of amides is 1. The molecular weight excluding hydrogens is 390 g/mol. The Morgan fingerprint density at radius 2 is 1.94 bits per heavy atom. The highest BCUT2D eigenvalue weighted by molar-refractivity contribution is 5.92. The van der Waals surface area contributed by atoms with E-state index < -0.39 is 0 Å². The number of nitrogens with one attached hydrogen (secondary N) is 1. The minimum Gasteiger partial charge on any atom is -0.360 e. The number of aromatic nitrogens is 4. The predicted molar refractivity (Wildman–Crippen MR) is 119 cm³/mol. The molecule has 3 aromatic heterocycles. The van der Waals surface area contributed by atoms with E-state index in [2.05, 4.69) is 15.5 Å². The monoisotopic (exact) mass is 415 g/mol. The molecule has 31 heavy (non-hydrogen) atoms. The Kier molecular flexibility index (Phi) is 5.58. The molecule has 1 atom stereocenters. The molecule has 4 aromatic rings. The van der Waals surface area contributed by atoms with E-state index in [9.17, 15) is 4.79 Å². The van der Waals surface area contributed by atoms with Crippen LogP contribution in [-0.2, 0) is 11.8 Å². The Bertz CT molecular complexity index is 1230. The van der Waals surface area contributed by atoms with E-state index >= 15 is 0 Å². The summed E-state index contributed by atoms with van der Waals surface area (Å²) in [5, 5.41) is 7.18. The lowest BCUT2D eigenvalue weighted by molar-refractivity contribution is -0.117. The molecule has 7 heteroatoms. The Morgan fingerprint density at radius 3 is 2.58 bits per heavy atom. The molecule has 7 nitrogen and oxygen atoms in total. The van der Waals surface area contributed by atoms with Crippen LogP contribution in [0.3, 0.4) is 0 Å². The van der Waals surface area contributed by atoms with Crippen LogP contribution in [0.5, 0.6) is 0 Å². The van der Waals surface area contributed by atoms with E-state index in [1.807, 2.05) is 91.7 Å². The fourth-order valence-electron chi connectivity index (χ4n) is 3.72. The van der Waals surface area contributed by atoms with Gasteiger partial charge in [0.05, 0.1) is 0 Å². The highest BCUT2D eigenvalue weighted by atomic mass is 16.5. The van der Waals surface area contributed by atoms with Crippen LogP contribution in [-0.4, -0.2) is 25.2 Å². The summed E-state index contributed by atoms with van der Waals surface area (Å²) < 4.78 is 9.13. The lowest BCUT2D eigenvalue weighted by atomic mass is 10.1. The fourth-order valence-corrected chi connectivity index (χ4v) is 3.72. The molecule has 3 heterocycles. The third-order valence-electron chi connectivity index (χ3n) is 5.27. The summed E-state index contributed by atoms with van der Waals surface area (Å²) in [5.74, 6) is 2.06. The molecule has 0 saturated heterocycles. The quantitative estimate of drug-likeness (QED) is 0.482. The highest BCUT2D eigenvalue weighted by Crippen LogP contribution is 2.23. The first-order chi connectivity index (χ1) is 14.9. The molecular formula is C24H25N5O2. The molecule has 0 unspecified atom stereocenters. The summed E-state index contributed by atoms with van der Waals surface area (Å²) in [6, 6.07) is 13.4. The number of hydrogen-bond acceptors (Lipinski definition) is 4. The van der Waals surface area contributed by atoms with Gasteiger partial charge in [-0.05, 0) is 44.0 Å². The number of carbonyl (C=O) groups is 1. The fraction of sp³-hybridized carbons (Fsp3) is 0.208. The van der Waals surface area contributed by atoms with Crippen molar-refractivity contribution in [3.63, 3.8) is 0 Å². The van der Waals surface area contributed by atoms with Gasteiger partial charge < -0.3 is 14.4 Å². The number of benzene rings is 1. The molecule has 0 aliphatic heterocycles. The van der Waals surface area contributed by atoms with Crippen molar-refractivity contribution in [3.8, 4) is 5.82 Å². The van der Waals surface area contributed by atoms with Gasteiger partial charge in [-0.25, -0.2) is 4.98 Å². The van der Waals surface area contributed by atoms with Gasteiger partial charge in [0, 0.05) is 43.0 Å². The Hall–Kier alpha value is -3.87. The molecule has 158 valence electrons. The van der Waals surface area contributed by atoms with Crippen molar-refractivity contribution < 1.29 is 9.32 Å². The molecule has 0 radical (unpaired) electrons. The second kappa shape index (κ2) is 8.47. The van der Waals surface area contributed by atoms with Crippen LogP contribution in [0.2, 0.25) is 0 Å². The lowest BCUT2D eigenvalue weighted by Crippen LogP contribution is -2.29. The van der Waals surface area contributed by atoms with E-state index in [0.717, 1.165) is 39.9 Å². The largest absolute Gasteiger partial charge is 0.360 e. The highest BCUT2D eigenvalue weighted by Gasteiger charge is 2.20. The van der Waals surface area contributed by atoms with Gasteiger partial charge in [-0.15, -0.1) is 0 Å². The van der Waals surface area contributed by atoms with Gasteiger partial charge in [0.15, 0.2) is 5.82 Å². The van der Waals surface area contributed by atoms with Gasteiger partial charge in [-0.3, -0.25) is 9.36 Å². The lowest BCUT2D eigenvalue weighted by Gasteiger charge is -2.18. The first-order valence-corrected chi connectivity index (χ1v) is 10.1. The zero-order chi connectivity index (χ0) is 22.0. The zero-order valence-corrected chi connectivity index (χ0v) is 18.0. The summed E-state index contributed by atoms with van der Waals surface area (Å²) in [6.45, 7) is 5.86. The molecule has 0 saturated carbocycles. The molecule has 1 N–H and O–H groups in total.